The van der Waals surface area contributed by atoms with Gasteiger partial charge < -0.3 is 19.9 Å². The zero-order valence-corrected chi connectivity index (χ0v) is 15.5. The molecule has 0 bridgehead atoms. The Hall–Kier alpha value is -2.82. The Labute approximate surface area is 160 Å². The second kappa shape index (κ2) is 9.76. The molecule has 0 fully saturated rings. The van der Waals surface area contributed by atoms with E-state index in [1.54, 1.807) is 0 Å². The van der Waals surface area contributed by atoms with Gasteiger partial charge in [0, 0.05) is 6.54 Å². The summed E-state index contributed by atoms with van der Waals surface area (Å²) in [6, 6.07) is 25.6. The van der Waals surface area contributed by atoms with E-state index in [1.165, 1.54) is 0 Å². The molecule has 0 aliphatic rings. The minimum atomic E-state index is -0.600. The number of benzene rings is 3. The molecule has 0 heterocycles. The van der Waals surface area contributed by atoms with Crippen LogP contribution in [0.4, 0.5) is 0 Å². The monoisotopic (exact) mass is 363 g/mol. The quantitative estimate of drug-likeness (QED) is 0.601. The zero-order chi connectivity index (χ0) is 18.9. The topological polar surface area (TPSA) is 50.7 Å². The van der Waals surface area contributed by atoms with Crippen LogP contribution in [0.2, 0.25) is 0 Å². The lowest BCUT2D eigenvalue weighted by Crippen LogP contribution is -2.16. The molecule has 0 saturated carbocycles. The lowest BCUT2D eigenvalue weighted by atomic mass is 10.1. The molecular weight excluding hydrogens is 338 g/mol. The summed E-state index contributed by atoms with van der Waals surface area (Å²) in [5.41, 5.74) is 2.96. The Balaban J connectivity index is 1.77. The van der Waals surface area contributed by atoms with Crippen LogP contribution in [0.5, 0.6) is 11.5 Å². The van der Waals surface area contributed by atoms with Crippen LogP contribution in [-0.4, -0.2) is 18.7 Å². The number of aliphatic hydroxyl groups is 1. The normalized spacial score (nSPS) is 11.8. The van der Waals surface area contributed by atoms with Gasteiger partial charge in [0.1, 0.15) is 13.2 Å². The van der Waals surface area contributed by atoms with E-state index in [4.69, 9.17) is 9.47 Å². The molecule has 2 N–H and O–H groups in total. The minimum absolute atomic E-state index is 0.439. The molecule has 4 nitrogen and oxygen atoms in total. The highest BCUT2D eigenvalue weighted by Crippen LogP contribution is 2.32. The van der Waals surface area contributed by atoms with Gasteiger partial charge in [-0.3, -0.25) is 0 Å². The van der Waals surface area contributed by atoms with Gasteiger partial charge in [0.25, 0.3) is 0 Å². The molecule has 0 unspecified atom stereocenters. The number of aliphatic hydroxyl groups excluding tert-OH is 1. The van der Waals surface area contributed by atoms with Crippen LogP contribution in [0.25, 0.3) is 0 Å². The Morgan fingerprint density at radius 2 is 1.33 bits per heavy atom. The second-order valence-electron chi connectivity index (χ2n) is 6.33. The third kappa shape index (κ3) is 5.58. The van der Waals surface area contributed by atoms with E-state index in [2.05, 4.69) is 5.32 Å². The molecule has 27 heavy (non-hydrogen) atoms. The molecule has 3 rings (SSSR count). The van der Waals surface area contributed by atoms with Crippen LogP contribution in [0.3, 0.4) is 0 Å². The molecule has 3 aromatic carbocycles. The zero-order valence-electron chi connectivity index (χ0n) is 15.5. The molecule has 0 aliphatic heterocycles. The number of hydrogen-bond donors (Lipinski definition) is 2. The van der Waals surface area contributed by atoms with Crippen molar-refractivity contribution >= 4 is 0 Å². The summed E-state index contributed by atoms with van der Waals surface area (Å²) in [6.07, 6.45) is -0.600. The molecule has 1 atom stereocenters. The summed E-state index contributed by atoms with van der Waals surface area (Å²) < 4.78 is 12.0. The highest BCUT2D eigenvalue weighted by molar-refractivity contribution is 5.44. The largest absolute Gasteiger partial charge is 0.485 e. The smallest absolute Gasteiger partial charge is 0.162 e. The molecule has 0 aliphatic carbocycles. The molecule has 140 valence electrons. The van der Waals surface area contributed by atoms with Crippen molar-refractivity contribution in [2.45, 2.75) is 19.3 Å². The van der Waals surface area contributed by atoms with Crippen LogP contribution in [0, 0.1) is 0 Å². The highest BCUT2D eigenvalue weighted by Gasteiger charge is 2.12. The first-order chi connectivity index (χ1) is 13.3. The molecule has 0 aromatic heterocycles. The highest BCUT2D eigenvalue weighted by atomic mass is 16.5. The van der Waals surface area contributed by atoms with E-state index in [0.29, 0.717) is 31.3 Å². The van der Waals surface area contributed by atoms with Crippen molar-refractivity contribution in [1.82, 2.24) is 5.32 Å². The van der Waals surface area contributed by atoms with E-state index >= 15 is 0 Å². The minimum Gasteiger partial charge on any atom is -0.485 e. The van der Waals surface area contributed by atoms with Crippen molar-refractivity contribution in [2.24, 2.45) is 0 Å². The molecule has 0 radical (unpaired) electrons. The summed E-state index contributed by atoms with van der Waals surface area (Å²) in [6.45, 7) is 1.37. The van der Waals surface area contributed by atoms with E-state index in [9.17, 15) is 5.11 Å². The Morgan fingerprint density at radius 1 is 0.778 bits per heavy atom. The van der Waals surface area contributed by atoms with Crippen molar-refractivity contribution in [3.63, 3.8) is 0 Å². The fourth-order valence-electron chi connectivity index (χ4n) is 2.75. The lowest BCUT2D eigenvalue weighted by Gasteiger charge is -2.17. The van der Waals surface area contributed by atoms with Gasteiger partial charge in [-0.1, -0.05) is 66.7 Å². The first-order valence-electron chi connectivity index (χ1n) is 9.06. The lowest BCUT2D eigenvalue weighted by molar-refractivity contribution is 0.176. The maximum atomic E-state index is 10.3. The fraction of sp³-hybridized carbons (Fsp3) is 0.217. The summed E-state index contributed by atoms with van der Waals surface area (Å²) in [7, 11) is 1.81. The van der Waals surface area contributed by atoms with E-state index in [0.717, 1.165) is 16.7 Å². The first-order valence-corrected chi connectivity index (χ1v) is 9.06. The average Bonchev–Trinajstić information content (AvgIpc) is 2.72. The molecular formula is C23H25NO3. The van der Waals surface area contributed by atoms with Crippen molar-refractivity contribution in [2.75, 3.05) is 13.6 Å². The van der Waals surface area contributed by atoms with Crippen LogP contribution >= 0.6 is 0 Å². The molecule has 0 spiro atoms. The van der Waals surface area contributed by atoms with Gasteiger partial charge in [-0.25, -0.2) is 0 Å². The molecule has 0 amide bonds. The maximum Gasteiger partial charge on any atom is 0.162 e. The number of likely N-dealkylation sites (N-methyl/N-ethyl adjacent to an activating group) is 1. The van der Waals surface area contributed by atoms with Crippen LogP contribution in [0.15, 0.2) is 78.9 Å². The number of nitrogens with one attached hydrogen (secondary N) is 1. The number of rotatable bonds is 9. The second-order valence-corrected chi connectivity index (χ2v) is 6.33. The number of hydrogen-bond acceptors (Lipinski definition) is 4. The van der Waals surface area contributed by atoms with Crippen molar-refractivity contribution in [1.29, 1.82) is 0 Å². The van der Waals surface area contributed by atoms with Crippen LogP contribution in [0.1, 0.15) is 22.8 Å². The predicted octanol–water partition coefficient (Wildman–Crippen LogP) is 4.10. The van der Waals surface area contributed by atoms with Crippen molar-refractivity contribution < 1.29 is 14.6 Å². The average molecular weight is 363 g/mol. The van der Waals surface area contributed by atoms with E-state index in [-0.39, 0.29) is 0 Å². The third-order valence-electron chi connectivity index (χ3n) is 4.22. The first kappa shape index (κ1) is 19.0. The van der Waals surface area contributed by atoms with Gasteiger partial charge in [0.2, 0.25) is 0 Å². The van der Waals surface area contributed by atoms with Gasteiger partial charge in [-0.2, -0.15) is 0 Å². The summed E-state index contributed by atoms with van der Waals surface area (Å²) >= 11 is 0. The van der Waals surface area contributed by atoms with Crippen LogP contribution in [-0.2, 0) is 13.2 Å². The van der Waals surface area contributed by atoms with Gasteiger partial charge in [-0.05, 0) is 35.9 Å². The number of ether oxygens (including phenoxy) is 2. The maximum absolute atomic E-state index is 10.3. The SMILES string of the molecule is CNC[C@H](O)c1ccc(OCc2ccccc2)c(OCc2ccccc2)c1. The Bertz CT molecular complexity index is 822. The Morgan fingerprint density at radius 3 is 1.89 bits per heavy atom. The fourth-order valence-corrected chi connectivity index (χ4v) is 2.75. The van der Waals surface area contributed by atoms with Crippen molar-refractivity contribution in [3.8, 4) is 11.5 Å². The van der Waals surface area contributed by atoms with Gasteiger partial charge in [0.05, 0.1) is 6.10 Å². The van der Waals surface area contributed by atoms with Crippen molar-refractivity contribution in [3.05, 3.63) is 95.6 Å². The Kier molecular flexibility index (Phi) is 6.85. The third-order valence-corrected chi connectivity index (χ3v) is 4.22. The molecule has 0 saturated heterocycles. The standard InChI is InChI=1S/C23H25NO3/c1-24-15-21(25)20-12-13-22(26-16-18-8-4-2-5-9-18)23(14-20)27-17-19-10-6-3-7-11-19/h2-14,21,24-25H,15-17H2,1H3/t21-/m0/s1. The predicted molar refractivity (Wildman–Crippen MR) is 107 cm³/mol. The van der Waals surface area contributed by atoms with Gasteiger partial charge in [-0.15, -0.1) is 0 Å². The van der Waals surface area contributed by atoms with Gasteiger partial charge in [0.15, 0.2) is 11.5 Å². The van der Waals surface area contributed by atoms with Gasteiger partial charge >= 0.3 is 0 Å². The molecule has 3 aromatic rings. The van der Waals surface area contributed by atoms with E-state index in [1.807, 2.05) is 85.9 Å². The molecule has 4 heteroatoms. The summed E-state index contributed by atoms with van der Waals surface area (Å²) in [5, 5.41) is 13.3. The van der Waals surface area contributed by atoms with E-state index < -0.39 is 6.10 Å². The van der Waals surface area contributed by atoms with Crippen LogP contribution < -0.4 is 14.8 Å². The summed E-state index contributed by atoms with van der Waals surface area (Å²) in [5.74, 6) is 1.29. The summed E-state index contributed by atoms with van der Waals surface area (Å²) in [4.78, 5) is 0.